The molecule has 0 aromatic heterocycles. The van der Waals surface area contributed by atoms with E-state index in [1.807, 2.05) is 6.92 Å². The van der Waals surface area contributed by atoms with Crippen LogP contribution in [0.25, 0.3) is 0 Å². The van der Waals surface area contributed by atoms with Crippen molar-refractivity contribution < 1.29 is 14.3 Å². The summed E-state index contributed by atoms with van der Waals surface area (Å²) in [4.78, 5) is 26.6. The lowest BCUT2D eigenvalue weighted by molar-refractivity contribution is -0.153. The van der Waals surface area contributed by atoms with Crippen LogP contribution in [0.1, 0.15) is 19.8 Å². The van der Waals surface area contributed by atoms with E-state index in [0.29, 0.717) is 31.7 Å². The highest BCUT2D eigenvalue weighted by Gasteiger charge is 2.39. The Bertz CT molecular complexity index is 393. The molecule has 0 spiro atoms. The summed E-state index contributed by atoms with van der Waals surface area (Å²) in [6.07, 6.45) is 2.11. The Hall–Kier alpha value is -1.14. The van der Waals surface area contributed by atoms with Crippen molar-refractivity contribution in [1.82, 2.24) is 15.5 Å². The molecule has 2 unspecified atom stereocenters. The Kier molecular flexibility index (Phi) is 3.94. The monoisotopic (exact) mass is 281 g/mol. The van der Waals surface area contributed by atoms with Gasteiger partial charge in [0.2, 0.25) is 11.8 Å². The minimum absolute atomic E-state index is 0.0226. The van der Waals surface area contributed by atoms with Gasteiger partial charge < -0.3 is 20.3 Å². The summed E-state index contributed by atoms with van der Waals surface area (Å²) >= 11 is 0. The van der Waals surface area contributed by atoms with Crippen LogP contribution in [0.4, 0.5) is 0 Å². The smallest absolute Gasteiger partial charge is 0.245 e. The minimum Gasteiger partial charge on any atom is -0.377 e. The molecular formula is C14H23N3O3. The molecule has 2 atom stereocenters. The van der Waals surface area contributed by atoms with Crippen LogP contribution in [0.15, 0.2) is 0 Å². The molecule has 6 heteroatoms. The molecule has 0 aromatic rings. The lowest BCUT2D eigenvalue weighted by Gasteiger charge is -2.39. The maximum Gasteiger partial charge on any atom is 0.245 e. The summed E-state index contributed by atoms with van der Waals surface area (Å²) in [5.41, 5.74) is 0. The Balaban J connectivity index is 1.63. The van der Waals surface area contributed by atoms with E-state index in [0.717, 1.165) is 25.9 Å². The molecular weight excluding hydrogens is 258 g/mol. The molecule has 1 saturated carbocycles. The molecule has 2 amide bonds. The fraction of sp³-hybridized carbons (Fsp3) is 0.857. The van der Waals surface area contributed by atoms with E-state index in [4.69, 9.17) is 4.74 Å². The third-order valence-corrected chi connectivity index (χ3v) is 4.55. The Morgan fingerprint density at radius 1 is 1.35 bits per heavy atom. The van der Waals surface area contributed by atoms with Gasteiger partial charge in [0.05, 0.1) is 13.2 Å². The van der Waals surface area contributed by atoms with E-state index in [1.165, 1.54) is 0 Å². The van der Waals surface area contributed by atoms with Crippen molar-refractivity contribution >= 4 is 11.8 Å². The Morgan fingerprint density at radius 2 is 2.10 bits per heavy atom. The van der Waals surface area contributed by atoms with Crippen LogP contribution >= 0.6 is 0 Å². The summed E-state index contributed by atoms with van der Waals surface area (Å²) in [7, 11) is 0. The number of nitrogens with one attached hydrogen (secondary N) is 2. The Labute approximate surface area is 119 Å². The lowest BCUT2D eigenvalue weighted by atomic mass is 9.87. The number of ether oxygens (including phenoxy) is 1. The summed E-state index contributed by atoms with van der Waals surface area (Å²) in [5, 5.41) is 6.17. The zero-order chi connectivity index (χ0) is 14.1. The average molecular weight is 281 g/mol. The predicted octanol–water partition coefficient (Wildman–Crippen LogP) is -0.652. The van der Waals surface area contributed by atoms with Crippen LogP contribution in [0.2, 0.25) is 0 Å². The van der Waals surface area contributed by atoms with Crippen molar-refractivity contribution in [3.63, 3.8) is 0 Å². The quantitative estimate of drug-likeness (QED) is 0.718. The van der Waals surface area contributed by atoms with E-state index < -0.39 is 6.04 Å². The first-order valence-electron chi connectivity index (χ1n) is 7.56. The molecule has 6 nitrogen and oxygen atoms in total. The van der Waals surface area contributed by atoms with Gasteiger partial charge in [0.15, 0.2) is 0 Å². The molecule has 3 fully saturated rings. The number of morpholine rings is 1. The maximum atomic E-state index is 12.6. The number of carbonyl (C=O) groups is 2. The second-order valence-electron chi connectivity index (χ2n) is 6.11. The van der Waals surface area contributed by atoms with Gasteiger partial charge in [-0.3, -0.25) is 9.59 Å². The normalized spacial score (nSPS) is 28.6. The zero-order valence-electron chi connectivity index (χ0n) is 11.9. The van der Waals surface area contributed by atoms with Gasteiger partial charge in [-0.2, -0.15) is 0 Å². The van der Waals surface area contributed by atoms with Gasteiger partial charge in [-0.1, -0.05) is 6.92 Å². The molecule has 3 rings (SSSR count). The van der Waals surface area contributed by atoms with Gasteiger partial charge in [0, 0.05) is 18.5 Å². The van der Waals surface area contributed by atoms with E-state index in [9.17, 15) is 9.59 Å². The number of hydrogen-bond donors (Lipinski definition) is 2. The van der Waals surface area contributed by atoms with Gasteiger partial charge in [-0.15, -0.1) is 0 Å². The molecule has 2 saturated heterocycles. The first kappa shape index (κ1) is 13.8. The summed E-state index contributed by atoms with van der Waals surface area (Å²) < 4.78 is 5.40. The highest BCUT2D eigenvalue weighted by atomic mass is 16.5. The number of carbonyl (C=O) groups excluding carboxylic acids is 2. The topological polar surface area (TPSA) is 70.7 Å². The Morgan fingerprint density at radius 3 is 2.70 bits per heavy atom. The first-order valence-corrected chi connectivity index (χ1v) is 7.56. The molecule has 112 valence electrons. The van der Waals surface area contributed by atoms with Crippen molar-refractivity contribution in [3.05, 3.63) is 0 Å². The highest BCUT2D eigenvalue weighted by molar-refractivity contribution is 5.89. The van der Waals surface area contributed by atoms with E-state index >= 15 is 0 Å². The second kappa shape index (κ2) is 5.69. The standard InChI is InChI=1S/C14H23N3O3/c1-9(10-6-15-7-10)14(19)17-4-5-20-8-12(17)13(18)16-11-2-3-11/h9-12,15H,2-8H2,1H3,(H,16,18). The molecule has 2 N–H and O–H groups in total. The molecule has 3 aliphatic rings. The van der Waals surface area contributed by atoms with Gasteiger partial charge in [0.25, 0.3) is 0 Å². The first-order chi connectivity index (χ1) is 9.66. The van der Waals surface area contributed by atoms with Crippen LogP contribution in [-0.2, 0) is 14.3 Å². The molecule has 20 heavy (non-hydrogen) atoms. The van der Waals surface area contributed by atoms with Crippen LogP contribution in [0.3, 0.4) is 0 Å². The van der Waals surface area contributed by atoms with Crippen LogP contribution < -0.4 is 10.6 Å². The van der Waals surface area contributed by atoms with E-state index in [-0.39, 0.29) is 17.7 Å². The number of hydrogen-bond acceptors (Lipinski definition) is 4. The number of amides is 2. The second-order valence-corrected chi connectivity index (χ2v) is 6.11. The largest absolute Gasteiger partial charge is 0.377 e. The third kappa shape index (κ3) is 2.81. The molecule has 0 radical (unpaired) electrons. The average Bonchev–Trinajstić information content (AvgIpc) is 3.19. The summed E-state index contributed by atoms with van der Waals surface area (Å²) in [6.45, 7) is 5.13. The highest BCUT2D eigenvalue weighted by Crippen LogP contribution is 2.23. The molecule has 0 bridgehead atoms. The summed E-state index contributed by atoms with van der Waals surface area (Å²) in [6, 6.07) is -0.137. The van der Waals surface area contributed by atoms with Crippen molar-refractivity contribution in [2.75, 3.05) is 32.8 Å². The number of rotatable bonds is 4. The zero-order valence-corrected chi connectivity index (χ0v) is 11.9. The molecule has 0 aromatic carbocycles. The molecule has 2 aliphatic heterocycles. The summed E-state index contributed by atoms with van der Waals surface area (Å²) in [5.74, 6) is 0.415. The van der Waals surface area contributed by atoms with Crippen LogP contribution in [0.5, 0.6) is 0 Å². The van der Waals surface area contributed by atoms with Crippen molar-refractivity contribution in [2.45, 2.75) is 31.8 Å². The van der Waals surface area contributed by atoms with Gasteiger partial charge in [-0.25, -0.2) is 0 Å². The fourth-order valence-corrected chi connectivity index (χ4v) is 2.74. The molecule has 1 aliphatic carbocycles. The van der Waals surface area contributed by atoms with Crippen LogP contribution in [0, 0.1) is 11.8 Å². The molecule has 2 heterocycles. The van der Waals surface area contributed by atoms with Crippen molar-refractivity contribution in [2.24, 2.45) is 11.8 Å². The van der Waals surface area contributed by atoms with Gasteiger partial charge in [0.1, 0.15) is 6.04 Å². The SMILES string of the molecule is CC(C(=O)N1CCOCC1C(=O)NC1CC1)C1CNC1. The minimum atomic E-state index is -0.452. The lowest BCUT2D eigenvalue weighted by Crippen LogP contribution is -2.59. The van der Waals surface area contributed by atoms with Gasteiger partial charge >= 0.3 is 0 Å². The van der Waals surface area contributed by atoms with Crippen molar-refractivity contribution in [1.29, 1.82) is 0 Å². The van der Waals surface area contributed by atoms with Crippen molar-refractivity contribution in [3.8, 4) is 0 Å². The predicted molar refractivity (Wildman–Crippen MR) is 73.0 cm³/mol. The number of nitrogens with zero attached hydrogens (tertiary/aromatic N) is 1. The van der Waals surface area contributed by atoms with Crippen LogP contribution in [-0.4, -0.2) is 61.6 Å². The third-order valence-electron chi connectivity index (χ3n) is 4.55. The fourth-order valence-electron chi connectivity index (χ4n) is 2.74. The van der Waals surface area contributed by atoms with E-state index in [1.54, 1.807) is 4.90 Å². The maximum absolute atomic E-state index is 12.6. The van der Waals surface area contributed by atoms with E-state index in [2.05, 4.69) is 10.6 Å². The van der Waals surface area contributed by atoms with Gasteiger partial charge in [-0.05, 0) is 31.8 Å².